The Morgan fingerprint density at radius 1 is 0.949 bits per heavy atom. The third-order valence-corrected chi connectivity index (χ3v) is 7.55. The number of hydrogen-bond donors (Lipinski definition) is 2. The number of carbonyl (C=O) groups is 1. The Morgan fingerprint density at radius 3 is 2.18 bits per heavy atom. The van der Waals surface area contributed by atoms with Crippen molar-refractivity contribution in [2.24, 2.45) is 5.10 Å². The van der Waals surface area contributed by atoms with E-state index in [-0.39, 0.29) is 16.8 Å². The number of benzene rings is 3. The van der Waals surface area contributed by atoms with Crippen molar-refractivity contribution in [3.8, 4) is 0 Å². The van der Waals surface area contributed by atoms with E-state index in [9.17, 15) is 13.2 Å². The first-order valence-electron chi connectivity index (χ1n) is 11.9. The van der Waals surface area contributed by atoms with E-state index in [4.69, 9.17) is 44.1 Å². The Hall–Kier alpha value is -2.70. The quantitative estimate of drug-likeness (QED) is 0.379. The average Bonchev–Trinajstić information content (AvgIpc) is 3.35. The first-order valence-corrected chi connectivity index (χ1v) is 14.4. The summed E-state index contributed by atoms with van der Waals surface area (Å²) < 4.78 is 34.6. The molecule has 0 spiro atoms. The lowest BCUT2D eigenvalue weighted by Crippen LogP contribution is -2.50. The number of hydrazone groups is 1. The SMILES string of the molecule is O=C(NN1CCOCC1)C1=NN(c2ccc(Cl)cc2Cl)[C@H](c2ccc(Cl)cc2)C1.O=S(=O)(O)c1ccccc1. The molecule has 5 rings (SSSR count). The van der Waals surface area contributed by atoms with E-state index in [2.05, 4.69) is 10.5 Å². The summed E-state index contributed by atoms with van der Waals surface area (Å²) in [6.45, 7) is 2.47. The van der Waals surface area contributed by atoms with Gasteiger partial charge in [-0.25, -0.2) is 5.01 Å². The molecule has 1 amide bonds. The molecule has 0 bridgehead atoms. The normalized spacial score (nSPS) is 17.7. The number of hydrogen-bond acceptors (Lipinski definition) is 7. The number of carbonyl (C=O) groups excluding carboxylic acids is 1. The topological polar surface area (TPSA) is 112 Å². The number of anilines is 1. The lowest BCUT2D eigenvalue weighted by Gasteiger charge is -2.26. The predicted molar refractivity (Wildman–Crippen MR) is 152 cm³/mol. The molecule has 2 aliphatic rings. The zero-order valence-corrected chi connectivity index (χ0v) is 23.6. The van der Waals surface area contributed by atoms with E-state index in [1.165, 1.54) is 12.1 Å². The van der Waals surface area contributed by atoms with E-state index in [0.717, 1.165) is 5.56 Å². The summed E-state index contributed by atoms with van der Waals surface area (Å²) in [5, 5.41) is 9.89. The fourth-order valence-corrected chi connectivity index (χ4v) is 5.08. The summed E-state index contributed by atoms with van der Waals surface area (Å²) in [6, 6.07) is 20.0. The fourth-order valence-electron chi connectivity index (χ4n) is 3.96. The molecule has 1 fully saturated rings. The van der Waals surface area contributed by atoms with Crippen LogP contribution >= 0.6 is 34.8 Å². The van der Waals surface area contributed by atoms with Gasteiger partial charge in [0, 0.05) is 29.6 Å². The Morgan fingerprint density at radius 2 is 1.59 bits per heavy atom. The van der Waals surface area contributed by atoms with Gasteiger partial charge in [-0.15, -0.1) is 0 Å². The summed E-state index contributed by atoms with van der Waals surface area (Å²) in [6.07, 6.45) is 0.441. The second-order valence-electron chi connectivity index (χ2n) is 8.59. The van der Waals surface area contributed by atoms with Crippen molar-refractivity contribution in [1.29, 1.82) is 0 Å². The van der Waals surface area contributed by atoms with E-state index < -0.39 is 10.1 Å². The molecule has 3 aromatic rings. The second kappa shape index (κ2) is 13.1. The summed E-state index contributed by atoms with van der Waals surface area (Å²) in [5.41, 5.74) is 5.02. The smallest absolute Gasteiger partial charge is 0.294 e. The van der Waals surface area contributed by atoms with Crippen LogP contribution in [0.5, 0.6) is 0 Å². The van der Waals surface area contributed by atoms with Crippen LogP contribution in [0.4, 0.5) is 5.69 Å². The van der Waals surface area contributed by atoms with Gasteiger partial charge in [0.25, 0.3) is 16.0 Å². The van der Waals surface area contributed by atoms with Gasteiger partial charge in [-0.3, -0.25) is 19.8 Å². The van der Waals surface area contributed by atoms with E-state index in [1.54, 1.807) is 41.4 Å². The van der Waals surface area contributed by atoms with Crippen LogP contribution in [-0.2, 0) is 19.6 Å². The van der Waals surface area contributed by atoms with Crippen LogP contribution in [0.1, 0.15) is 18.0 Å². The first-order chi connectivity index (χ1) is 18.6. The average molecular weight is 612 g/mol. The number of rotatable bonds is 5. The summed E-state index contributed by atoms with van der Waals surface area (Å²) >= 11 is 18.5. The molecule has 13 heteroatoms. The summed E-state index contributed by atoms with van der Waals surface area (Å²) in [5.74, 6) is -0.224. The van der Waals surface area contributed by atoms with Crippen LogP contribution < -0.4 is 10.4 Å². The highest BCUT2D eigenvalue weighted by atomic mass is 35.5. The molecule has 0 unspecified atom stereocenters. The Balaban J connectivity index is 0.000000298. The standard InChI is InChI=1S/C20H19Cl3N4O2.C6H6O3S/c21-14-3-1-13(2-4-14)19-12-17(20(28)25-26-7-9-29-10-8-26)24-27(19)18-6-5-15(22)11-16(18)23;7-10(8,9)6-4-2-1-3-5-6/h1-6,11,19H,7-10,12H2,(H,25,28);1-5H,(H,7,8,9)/t19-;/m0./s1. The molecule has 0 aromatic heterocycles. The molecular formula is C26H25Cl3N4O5S. The molecule has 206 valence electrons. The third-order valence-electron chi connectivity index (χ3n) is 5.90. The van der Waals surface area contributed by atoms with Gasteiger partial charge in [-0.1, -0.05) is 65.1 Å². The Kier molecular flexibility index (Phi) is 9.84. The van der Waals surface area contributed by atoms with Gasteiger partial charge in [-0.05, 0) is 48.0 Å². The molecule has 2 N–H and O–H groups in total. The number of hydrazine groups is 1. The molecule has 3 aromatic carbocycles. The number of nitrogens with one attached hydrogen (secondary N) is 1. The van der Waals surface area contributed by atoms with Crippen LogP contribution in [0.15, 0.2) is 82.8 Å². The minimum atomic E-state index is -4.00. The lowest BCUT2D eigenvalue weighted by atomic mass is 10.0. The van der Waals surface area contributed by atoms with Crippen molar-refractivity contribution >= 4 is 62.2 Å². The second-order valence-corrected chi connectivity index (χ2v) is 11.3. The molecule has 2 heterocycles. The highest BCUT2D eigenvalue weighted by Crippen LogP contribution is 2.39. The van der Waals surface area contributed by atoms with Gasteiger partial charge in [0.05, 0.1) is 34.9 Å². The van der Waals surface area contributed by atoms with Crippen molar-refractivity contribution in [2.45, 2.75) is 17.4 Å². The first kappa shape index (κ1) is 29.3. The van der Waals surface area contributed by atoms with Crippen LogP contribution in [0.2, 0.25) is 15.1 Å². The van der Waals surface area contributed by atoms with Crippen molar-refractivity contribution < 1.29 is 22.5 Å². The number of nitrogens with zero attached hydrogens (tertiary/aromatic N) is 3. The third kappa shape index (κ3) is 7.92. The van der Waals surface area contributed by atoms with E-state index in [0.29, 0.717) is 59.2 Å². The van der Waals surface area contributed by atoms with Crippen LogP contribution in [0.25, 0.3) is 0 Å². The fraction of sp³-hybridized carbons (Fsp3) is 0.231. The van der Waals surface area contributed by atoms with Gasteiger partial charge >= 0.3 is 0 Å². The zero-order valence-electron chi connectivity index (χ0n) is 20.5. The maximum absolute atomic E-state index is 12.8. The predicted octanol–water partition coefficient (Wildman–Crippen LogP) is 5.25. The molecule has 0 saturated carbocycles. The number of halogens is 3. The van der Waals surface area contributed by atoms with Crippen molar-refractivity contribution in [1.82, 2.24) is 10.4 Å². The molecule has 0 aliphatic carbocycles. The van der Waals surface area contributed by atoms with Gasteiger partial charge in [0.2, 0.25) is 0 Å². The van der Waals surface area contributed by atoms with Gasteiger partial charge in [0.1, 0.15) is 5.71 Å². The van der Waals surface area contributed by atoms with Gasteiger partial charge in [-0.2, -0.15) is 13.5 Å². The Bertz CT molecular complexity index is 1430. The lowest BCUT2D eigenvalue weighted by molar-refractivity contribution is -0.121. The zero-order chi connectivity index (χ0) is 28.0. The maximum Gasteiger partial charge on any atom is 0.294 e. The monoisotopic (exact) mass is 610 g/mol. The largest absolute Gasteiger partial charge is 0.379 e. The molecular weight excluding hydrogens is 587 g/mol. The van der Waals surface area contributed by atoms with E-state index in [1.807, 2.05) is 29.3 Å². The maximum atomic E-state index is 12.8. The van der Waals surface area contributed by atoms with Crippen molar-refractivity contribution in [3.05, 3.63) is 93.4 Å². The van der Waals surface area contributed by atoms with Crippen LogP contribution in [0.3, 0.4) is 0 Å². The minimum absolute atomic E-state index is 0.0741. The molecule has 0 radical (unpaired) electrons. The highest BCUT2D eigenvalue weighted by Gasteiger charge is 2.34. The number of amides is 1. The Labute approximate surface area is 241 Å². The van der Waals surface area contributed by atoms with Crippen molar-refractivity contribution in [3.63, 3.8) is 0 Å². The molecule has 2 aliphatic heterocycles. The summed E-state index contributed by atoms with van der Waals surface area (Å²) in [4.78, 5) is 12.8. The van der Waals surface area contributed by atoms with Gasteiger partial charge in [0.15, 0.2) is 0 Å². The van der Waals surface area contributed by atoms with Crippen molar-refractivity contribution in [2.75, 3.05) is 31.3 Å². The van der Waals surface area contributed by atoms with Crippen LogP contribution in [0, 0.1) is 0 Å². The van der Waals surface area contributed by atoms with Crippen LogP contribution in [-0.4, -0.2) is 55.9 Å². The molecule has 39 heavy (non-hydrogen) atoms. The van der Waals surface area contributed by atoms with Gasteiger partial charge < -0.3 is 4.74 Å². The summed E-state index contributed by atoms with van der Waals surface area (Å²) in [7, 11) is -4.00. The van der Waals surface area contributed by atoms with E-state index >= 15 is 0 Å². The molecule has 9 nitrogen and oxygen atoms in total. The minimum Gasteiger partial charge on any atom is -0.379 e. The number of ether oxygens (including phenoxy) is 1. The number of morpholine rings is 1. The molecule has 1 saturated heterocycles. The molecule has 1 atom stereocenters. The highest BCUT2D eigenvalue weighted by molar-refractivity contribution is 7.85.